The van der Waals surface area contributed by atoms with Crippen molar-refractivity contribution < 1.29 is 0 Å². The van der Waals surface area contributed by atoms with Crippen LogP contribution in [-0.4, -0.2) is 37.6 Å². The van der Waals surface area contributed by atoms with Crippen molar-refractivity contribution in [3.63, 3.8) is 0 Å². The van der Waals surface area contributed by atoms with Crippen LogP contribution in [0.5, 0.6) is 0 Å². The molecule has 0 spiro atoms. The van der Waals surface area contributed by atoms with E-state index in [2.05, 4.69) is 24.3 Å². The minimum atomic E-state index is 0.426. The molecule has 2 fully saturated rings. The summed E-state index contributed by atoms with van der Waals surface area (Å²) in [6, 6.07) is 0. The highest BCUT2D eigenvalue weighted by atomic mass is 15.2. The van der Waals surface area contributed by atoms with Gasteiger partial charge >= 0.3 is 0 Å². The van der Waals surface area contributed by atoms with Crippen LogP contribution >= 0.6 is 0 Å². The Morgan fingerprint density at radius 1 is 1.19 bits per heavy atom. The van der Waals surface area contributed by atoms with Crippen molar-refractivity contribution in [1.82, 2.24) is 10.2 Å². The van der Waals surface area contributed by atoms with Gasteiger partial charge in [0.2, 0.25) is 0 Å². The molecular formula is C14H28N2. The van der Waals surface area contributed by atoms with Crippen molar-refractivity contribution in [2.75, 3.05) is 27.2 Å². The Morgan fingerprint density at radius 2 is 1.94 bits per heavy atom. The zero-order valence-corrected chi connectivity index (χ0v) is 11.1. The van der Waals surface area contributed by atoms with E-state index in [4.69, 9.17) is 0 Å². The second kappa shape index (κ2) is 5.50. The van der Waals surface area contributed by atoms with Crippen LogP contribution in [0.1, 0.15) is 51.4 Å². The van der Waals surface area contributed by atoms with Crippen molar-refractivity contribution >= 4 is 0 Å². The zero-order chi connectivity index (χ0) is 11.4. The number of rotatable bonds is 3. The molecule has 1 N–H and O–H groups in total. The second-order valence-corrected chi connectivity index (χ2v) is 6.08. The summed E-state index contributed by atoms with van der Waals surface area (Å²) in [4.78, 5) is 2.50. The third-order valence-corrected chi connectivity index (χ3v) is 4.70. The minimum absolute atomic E-state index is 0.426. The normalized spacial score (nSPS) is 34.1. The fourth-order valence-corrected chi connectivity index (χ4v) is 3.78. The first-order chi connectivity index (χ1) is 7.74. The van der Waals surface area contributed by atoms with Crippen LogP contribution < -0.4 is 5.32 Å². The van der Waals surface area contributed by atoms with E-state index in [9.17, 15) is 0 Å². The summed E-state index contributed by atoms with van der Waals surface area (Å²) < 4.78 is 0. The molecule has 1 saturated heterocycles. The molecule has 1 aliphatic heterocycles. The number of likely N-dealkylation sites (N-methyl/N-ethyl adjacent to an activating group) is 2. The fraction of sp³-hybridized carbons (Fsp3) is 1.00. The van der Waals surface area contributed by atoms with Crippen molar-refractivity contribution in [1.29, 1.82) is 0 Å². The minimum Gasteiger partial charge on any atom is -0.313 e. The van der Waals surface area contributed by atoms with Gasteiger partial charge in [0.1, 0.15) is 0 Å². The van der Waals surface area contributed by atoms with Gasteiger partial charge in [-0.25, -0.2) is 0 Å². The van der Waals surface area contributed by atoms with E-state index in [1.54, 1.807) is 0 Å². The van der Waals surface area contributed by atoms with E-state index in [-0.39, 0.29) is 0 Å². The Hall–Kier alpha value is -0.0800. The highest BCUT2D eigenvalue weighted by molar-refractivity contribution is 4.94. The molecule has 1 heterocycles. The molecule has 0 aromatic heterocycles. The molecule has 0 radical (unpaired) electrons. The monoisotopic (exact) mass is 224 g/mol. The van der Waals surface area contributed by atoms with Crippen LogP contribution in [0.15, 0.2) is 0 Å². The van der Waals surface area contributed by atoms with E-state index in [0.717, 1.165) is 5.92 Å². The number of hydrogen-bond acceptors (Lipinski definition) is 2. The van der Waals surface area contributed by atoms with Crippen LogP contribution in [-0.2, 0) is 0 Å². The van der Waals surface area contributed by atoms with Crippen molar-refractivity contribution in [3.8, 4) is 0 Å². The van der Waals surface area contributed by atoms with Crippen LogP contribution in [0.4, 0.5) is 0 Å². The molecule has 0 bridgehead atoms. The number of nitrogens with one attached hydrogen (secondary N) is 1. The summed E-state index contributed by atoms with van der Waals surface area (Å²) >= 11 is 0. The number of nitrogens with zero attached hydrogens (tertiary/aromatic N) is 1. The van der Waals surface area contributed by atoms with Crippen LogP contribution in [0.25, 0.3) is 0 Å². The third kappa shape index (κ3) is 2.98. The summed E-state index contributed by atoms with van der Waals surface area (Å²) in [6.45, 7) is 2.54. The molecule has 0 aromatic carbocycles. The predicted octanol–water partition coefficient (Wildman–Crippen LogP) is 2.64. The van der Waals surface area contributed by atoms with Gasteiger partial charge in [0, 0.05) is 12.1 Å². The zero-order valence-electron chi connectivity index (χ0n) is 11.1. The Kier molecular flexibility index (Phi) is 4.26. The Morgan fingerprint density at radius 3 is 2.56 bits per heavy atom. The van der Waals surface area contributed by atoms with Crippen molar-refractivity contribution in [2.24, 2.45) is 5.92 Å². The highest BCUT2D eigenvalue weighted by Crippen LogP contribution is 2.34. The third-order valence-electron chi connectivity index (χ3n) is 4.70. The first-order valence-electron chi connectivity index (χ1n) is 7.12. The summed E-state index contributed by atoms with van der Waals surface area (Å²) in [6.07, 6.45) is 11.5. The van der Waals surface area contributed by atoms with Gasteiger partial charge in [-0.2, -0.15) is 0 Å². The van der Waals surface area contributed by atoms with Crippen molar-refractivity contribution in [2.45, 2.75) is 56.9 Å². The molecule has 0 amide bonds. The molecule has 1 aliphatic carbocycles. The Balaban J connectivity index is 1.91. The largest absolute Gasteiger partial charge is 0.313 e. The van der Waals surface area contributed by atoms with E-state index < -0.39 is 0 Å². The lowest BCUT2D eigenvalue weighted by molar-refractivity contribution is 0.116. The summed E-state index contributed by atoms with van der Waals surface area (Å²) in [5, 5.41) is 3.65. The van der Waals surface area contributed by atoms with Crippen LogP contribution in [0, 0.1) is 5.92 Å². The van der Waals surface area contributed by atoms with E-state index >= 15 is 0 Å². The number of piperidine rings is 1. The molecule has 2 nitrogen and oxygen atoms in total. The molecule has 1 atom stereocenters. The van der Waals surface area contributed by atoms with Gasteiger partial charge < -0.3 is 10.2 Å². The average Bonchev–Trinajstić information content (AvgIpc) is 2.30. The maximum Gasteiger partial charge on any atom is 0.0309 e. The SMILES string of the molecule is CNC1(CC2CCCCC2)CCCN(C)C1. The van der Waals surface area contributed by atoms with E-state index in [1.807, 2.05) is 0 Å². The van der Waals surface area contributed by atoms with Gasteiger partial charge in [-0.3, -0.25) is 0 Å². The lowest BCUT2D eigenvalue weighted by Gasteiger charge is -2.44. The predicted molar refractivity (Wildman–Crippen MR) is 69.7 cm³/mol. The van der Waals surface area contributed by atoms with E-state index in [1.165, 1.54) is 64.5 Å². The number of hydrogen-bond donors (Lipinski definition) is 1. The lowest BCUT2D eigenvalue weighted by atomic mass is 9.76. The van der Waals surface area contributed by atoms with Gasteiger partial charge in [0.05, 0.1) is 0 Å². The summed E-state index contributed by atoms with van der Waals surface area (Å²) in [7, 11) is 4.44. The molecule has 1 unspecified atom stereocenters. The van der Waals surface area contributed by atoms with Gasteiger partial charge in [-0.15, -0.1) is 0 Å². The lowest BCUT2D eigenvalue weighted by Crippen LogP contribution is -2.55. The quantitative estimate of drug-likeness (QED) is 0.793. The molecule has 0 aromatic rings. The highest BCUT2D eigenvalue weighted by Gasteiger charge is 2.35. The topological polar surface area (TPSA) is 15.3 Å². The Labute approximate surface area is 101 Å². The van der Waals surface area contributed by atoms with Gasteiger partial charge in [0.15, 0.2) is 0 Å². The van der Waals surface area contributed by atoms with Gasteiger partial charge in [-0.1, -0.05) is 32.1 Å². The van der Waals surface area contributed by atoms with Crippen LogP contribution in [0.3, 0.4) is 0 Å². The standard InChI is InChI=1S/C14H28N2/c1-15-14(9-6-10-16(2)12-14)11-13-7-4-3-5-8-13/h13,15H,3-12H2,1-2H3. The first-order valence-corrected chi connectivity index (χ1v) is 7.12. The summed E-state index contributed by atoms with van der Waals surface area (Å²) in [5.41, 5.74) is 0.426. The van der Waals surface area contributed by atoms with E-state index in [0.29, 0.717) is 5.54 Å². The molecule has 2 heteroatoms. The number of likely N-dealkylation sites (tertiary alicyclic amines) is 1. The molecule has 2 rings (SSSR count). The molecule has 1 saturated carbocycles. The molecule has 16 heavy (non-hydrogen) atoms. The van der Waals surface area contributed by atoms with Crippen LogP contribution in [0.2, 0.25) is 0 Å². The van der Waals surface area contributed by atoms with Gasteiger partial charge in [-0.05, 0) is 45.8 Å². The molecule has 2 aliphatic rings. The molecule has 94 valence electrons. The smallest absolute Gasteiger partial charge is 0.0309 e. The second-order valence-electron chi connectivity index (χ2n) is 6.08. The Bertz CT molecular complexity index is 211. The maximum atomic E-state index is 3.65. The average molecular weight is 224 g/mol. The summed E-state index contributed by atoms with van der Waals surface area (Å²) in [5.74, 6) is 0.993. The van der Waals surface area contributed by atoms with Gasteiger partial charge in [0.25, 0.3) is 0 Å². The maximum absolute atomic E-state index is 3.65. The molecular weight excluding hydrogens is 196 g/mol. The van der Waals surface area contributed by atoms with Crippen molar-refractivity contribution in [3.05, 3.63) is 0 Å². The fourth-order valence-electron chi connectivity index (χ4n) is 3.78. The first kappa shape index (κ1) is 12.4.